The summed E-state index contributed by atoms with van der Waals surface area (Å²) in [5.74, 6) is 3.84. The van der Waals surface area contributed by atoms with Crippen LogP contribution in [0.3, 0.4) is 0 Å². The van der Waals surface area contributed by atoms with Crippen LogP contribution in [0.1, 0.15) is 18.9 Å². The van der Waals surface area contributed by atoms with E-state index in [4.69, 9.17) is 0 Å². The molecule has 0 nitrogen and oxygen atoms in total. The Balaban J connectivity index is 2.44. The Morgan fingerprint density at radius 2 is 2.00 bits per heavy atom. The molecule has 0 heterocycles. The van der Waals surface area contributed by atoms with Crippen molar-refractivity contribution in [2.75, 3.05) is 11.5 Å². The molecule has 1 unspecified atom stereocenters. The van der Waals surface area contributed by atoms with Gasteiger partial charge in [-0.05, 0) is 17.8 Å². The van der Waals surface area contributed by atoms with Gasteiger partial charge in [0.25, 0.3) is 0 Å². The van der Waals surface area contributed by atoms with Gasteiger partial charge in [-0.25, -0.2) is 0 Å². The fraction of sp³-hybridized carbons (Fsp3) is 0.385. The third-order valence-electron chi connectivity index (χ3n) is 2.23. The van der Waals surface area contributed by atoms with E-state index in [0.717, 1.165) is 6.42 Å². The second kappa shape index (κ2) is 6.72. The maximum Gasteiger partial charge on any atom is 0.133 e. The molecule has 0 aromatic heterocycles. The zero-order valence-electron chi connectivity index (χ0n) is 8.91. The van der Waals surface area contributed by atoms with E-state index < -0.39 is 0 Å². The van der Waals surface area contributed by atoms with Crippen LogP contribution in [0.5, 0.6) is 0 Å². The summed E-state index contributed by atoms with van der Waals surface area (Å²) in [5.41, 5.74) is 1.47. The Morgan fingerprint density at radius 1 is 1.29 bits per heavy atom. The van der Waals surface area contributed by atoms with E-state index in [1.54, 1.807) is 0 Å². The van der Waals surface area contributed by atoms with Gasteiger partial charge in [0.2, 0.25) is 0 Å². The number of rotatable bonds is 6. The summed E-state index contributed by atoms with van der Waals surface area (Å²) in [6.45, 7) is 6.07. The van der Waals surface area contributed by atoms with E-state index in [0.29, 0.717) is 10.9 Å². The zero-order valence-corrected chi connectivity index (χ0v) is 9.72. The number of benzene rings is 1. The summed E-state index contributed by atoms with van der Waals surface area (Å²) in [6, 6.07) is 10.8. The van der Waals surface area contributed by atoms with Gasteiger partial charge in [0.15, 0.2) is 0 Å². The molecule has 0 spiro atoms. The highest BCUT2D eigenvalue weighted by atomic mass is 32.2. The second-order valence-corrected chi connectivity index (χ2v) is 5.81. The molecule has 0 aliphatic carbocycles. The molecule has 1 aromatic carbocycles. The standard InChI is InChI=1S/C13H19S/c1-3-5-11-14(4-2)12-13-9-7-6-8-10-13/h3,6-10H,1,4-5,11-12H2,2H3/q+1. The quantitative estimate of drug-likeness (QED) is 0.495. The van der Waals surface area contributed by atoms with Crippen LogP contribution < -0.4 is 0 Å². The van der Waals surface area contributed by atoms with Crippen molar-refractivity contribution in [2.24, 2.45) is 0 Å². The topological polar surface area (TPSA) is 0 Å². The lowest BCUT2D eigenvalue weighted by atomic mass is 10.2. The molecule has 1 heteroatoms. The van der Waals surface area contributed by atoms with Gasteiger partial charge < -0.3 is 0 Å². The molecule has 14 heavy (non-hydrogen) atoms. The van der Waals surface area contributed by atoms with Crippen molar-refractivity contribution in [3.8, 4) is 0 Å². The monoisotopic (exact) mass is 207 g/mol. The normalized spacial score (nSPS) is 12.4. The highest BCUT2D eigenvalue weighted by molar-refractivity contribution is 7.96. The molecule has 1 atom stereocenters. The summed E-state index contributed by atoms with van der Waals surface area (Å²) < 4.78 is 0. The van der Waals surface area contributed by atoms with Crippen LogP contribution in [0.15, 0.2) is 43.0 Å². The molecular formula is C13H19S+. The Kier molecular flexibility index (Phi) is 5.46. The third-order valence-corrected chi connectivity index (χ3v) is 4.60. The lowest BCUT2D eigenvalue weighted by molar-refractivity contribution is 1.21. The fourth-order valence-corrected chi connectivity index (χ4v) is 3.18. The van der Waals surface area contributed by atoms with Crippen molar-refractivity contribution < 1.29 is 0 Å². The first-order chi connectivity index (χ1) is 6.86. The number of allylic oxidation sites excluding steroid dienone is 1. The van der Waals surface area contributed by atoms with Crippen LogP contribution in [0.2, 0.25) is 0 Å². The van der Waals surface area contributed by atoms with Crippen LogP contribution in [-0.2, 0) is 16.6 Å². The SMILES string of the molecule is C=CCC[S+](CC)Cc1ccccc1. The molecule has 1 aromatic rings. The molecule has 0 radical (unpaired) electrons. The maximum absolute atomic E-state index is 3.78. The first-order valence-electron chi connectivity index (χ1n) is 5.15. The van der Waals surface area contributed by atoms with E-state index in [1.807, 2.05) is 6.08 Å². The molecule has 76 valence electrons. The highest BCUT2D eigenvalue weighted by Gasteiger charge is 2.14. The smallest absolute Gasteiger partial charge is 0.103 e. The van der Waals surface area contributed by atoms with Gasteiger partial charge in [-0.15, -0.1) is 6.58 Å². The van der Waals surface area contributed by atoms with E-state index in [2.05, 4.69) is 43.8 Å². The minimum Gasteiger partial charge on any atom is -0.103 e. The molecule has 0 aliphatic rings. The van der Waals surface area contributed by atoms with Gasteiger partial charge in [-0.1, -0.05) is 36.4 Å². The average Bonchev–Trinajstić information content (AvgIpc) is 2.25. The second-order valence-electron chi connectivity index (χ2n) is 3.31. The molecule has 1 rings (SSSR count). The highest BCUT2D eigenvalue weighted by Crippen LogP contribution is 2.10. The van der Waals surface area contributed by atoms with Gasteiger partial charge >= 0.3 is 0 Å². The molecule has 0 N–H and O–H groups in total. The largest absolute Gasteiger partial charge is 0.133 e. The molecule has 0 fully saturated rings. The van der Waals surface area contributed by atoms with E-state index in [1.165, 1.54) is 22.8 Å². The summed E-state index contributed by atoms with van der Waals surface area (Å²) in [5, 5.41) is 0. The molecule has 0 bridgehead atoms. The van der Waals surface area contributed by atoms with Gasteiger partial charge in [0.05, 0.1) is 0 Å². The van der Waals surface area contributed by atoms with Crippen LogP contribution in [-0.4, -0.2) is 11.5 Å². The third kappa shape index (κ3) is 4.01. The molecule has 0 aliphatic heterocycles. The number of hydrogen-bond acceptors (Lipinski definition) is 0. The maximum atomic E-state index is 3.78. The minimum absolute atomic E-state index is 0.546. The minimum atomic E-state index is 0.546. The zero-order chi connectivity index (χ0) is 10.2. The lowest BCUT2D eigenvalue weighted by Gasteiger charge is -2.05. The summed E-state index contributed by atoms with van der Waals surface area (Å²) in [6.07, 6.45) is 3.18. The van der Waals surface area contributed by atoms with E-state index >= 15 is 0 Å². The van der Waals surface area contributed by atoms with E-state index in [9.17, 15) is 0 Å². The molecule has 0 saturated heterocycles. The predicted molar refractivity (Wildman–Crippen MR) is 67.7 cm³/mol. The van der Waals surface area contributed by atoms with Crippen molar-refractivity contribution in [2.45, 2.75) is 19.1 Å². The Hall–Kier alpha value is -0.690. The Labute approximate surface area is 90.4 Å². The average molecular weight is 207 g/mol. The Morgan fingerprint density at radius 3 is 2.57 bits per heavy atom. The van der Waals surface area contributed by atoms with Gasteiger partial charge in [0.1, 0.15) is 17.3 Å². The van der Waals surface area contributed by atoms with E-state index in [-0.39, 0.29) is 0 Å². The fourth-order valence-electron chi connectivity index (χ4n) is 1.38. The van der Waals surface area contributed by atoms with Crippen molar-refractivity contribution in [1.29, 1.82) is 0 Å². The van der Waals surface area contributed by atoms with Gasteiger partial charge in [-0.2, -0.15) is 0 Å². The molecule has 0 amide bonds. The first-order valence-corrected chi connectivity index (χ1v) is 6.89. The van der Waals surface area contributed by atoms with Crippen LogP contribution in [0, 0.1) is 0 Å². The summed E-state index contributed by atoms with van der Waals surface area (Å²) in [4.78, 5) is 0. The number of hydrogen-bond donors (Lipinski definition) is 0. The molecular weight excluding hydrogens is 188 g/mol. The van der Waals surface area contributed by atoms with Crippen LogP contribution in [0.25, 0.3) is 0 Å². The van der Waals surface area contributed by atoms with Crippen LogP contribution in [0.4, 0.5) is 0 Å². The predicted octanol–water partition coefficient (Wildman–Crippen LogP) is 3.40. The Bertz CT molecular complexity index is 253. The van der Waals surface area contributed by atoms with Crippen molar-refractivity contribution >= 4 is 10.9 Å². The summed E-state index contributed by atoms with van der Waals surface area (Å²) in [7, 11) is 0.546. The van der Waals surface area contributed by atoms with Crippen molar-refractivity contribution in [3.05, 3.63) is 48.6 Å². The van der Waals surface area contributed by atoms with Crippen molar-refractivity contribution in [3.63, 3.8) is 0 Å². The lowest BCUT2D eigenvalue weighted by Crippen LogP contribution is -2.12. The van der Waals surface area contributed by atoms with Gasteiger partial charge in [0, 0.05) is 12.0 Å². The van der Waals surface area contributed by atoms with Gasteiger partial charge in [-0.3, -0.25) is 0 Å². The first kappa shape index (κ1) is 11.4. The van der Waals surface area contributed by atoms with Crippen molar-refractivity contribution in [1.82, 2.24) is 0 Å². The van der Waals surface area contributed by atoms with Crippen LogP contribution >= 0.6 is 0 Å². The molecule has 0 saturated carbocycles. The summed E-state index contributed by atoms with van der Waals surface area (Å²) >= 11 is 0.